The summed E-state index contributed by atoms with van der Waals surface area (Å²) in [7, 11) is 0. The van der Waals surface area contributed by atoms with E-state index in [9.17, 15) is 4.79 Å². The number of carbonyl (C=O) groups is 1. The standard InChI is InChI=1S/C5H7N3OS/c6-3(4(7)9)5-8-1-2-10-5/h1-3H,6H2,(H2,7,9). The molecule has 1 aromatic heterocycles. The van der Waals surface area contributed by atoms with Crippen LogP contribution in [0.3, 0.4) is 0 Å². The minimum atomic E-state index is -0.750. The van der Waals surface area contributed by atoms with Crippen molar-refractivity contribution in [2.24, 2.45) is 11.5 Å². The maximum Gasteiger partial charge on any atom is 0.241 e. The summed E-state index contributed by atoms with van der Waals surface area (Å²) in [5.41, 5.74) is 10.3. The van der Waals surface area contributed by atoms with Crippen molar-refractivity contribution in [1.29, 1.82) is 0 Å². The normalized spacial score (nSPS) is 12.9. The number of nitrogens with two attached hydrogens (primary N) is 2. The molecule has 1 aromatic rings. The molecule has 10 heavy (non-hydrogen) atoms. The molecular formula is C5H7N3OS. The van der Waals surface area contributed by atoms with Crippen LogP contribution in [0, 0.1) is 0 Å². The molecule has 1 amide bonds. The fraction of sp³-hybridized carbons (Fsp3) is 0.200. The Bertz CT molecular complexity index is 221. The molecule has 0 saturated carbocycles. The van der Waals surface area contributed by atoms with Gasteiger partial charge in [0, 0.05) is 11.6 Å². The van der Waals surface area contributed by atoms with Gasteiger partial charge in [-0.3, -0.25) is 4.79 Å². The van der Waals surface area contributed by atoms with Gasteiger partial charge in [0.2, 0.25) is 5.91 Å². The Morgan fingerprint density at radius 2 is 2.50 bits per heavy atom. The van der Waals surface area contributed by atoms with Gasteiger partial charge in [0.05, 0.1) is 0 Å². The first-order chi connectivity index (χ1) is 4.72. The minimum Gasteiger partial charge on any atom is -0.368 e. The highest BCUT2D eigenvalue weighted by Crippen LogP contribution is 2.11. The third kappa shape index (κ3) is 1.31. The summed E-state index contributed by atoms with van der Waals surface area (Å²) in [6.07, 6.45) is 1.59. The van der Waals surface area contributed by atoms with Gasteiger partial charge in [0.15, 0.2) is 0 Å². The number of rotatable bonds is 2. The average molecular weight is 157 g/mol. The first-order valence-corrected chi connectivity index (χ1v) is 3.54. The second-order valence-corrected chi connectivity index (χ2v) is 2.68. The molecule has 4 N–H and O–H groups in total. The summed E-state index contributed by atoms with van der Waals surface area (Å²) in [6, 6.07) is -0.750. The Morgan fingerprint density at radius 3 is 2.90 bits per heavy atom. The second kappa shape index (κ2) is 2.76. The van der Waals surface area contributed by atoms with E-state index >= 15 is 0 Å². The fourth-order valence-corrected chi connectivity index (χ4v) is 1.16. The molecule has 4 nitrogen and oxygen atoms in total. The van der Waals surface area contributed by atoms with Gasteiger partial charge < -0.3 is 11.5 Å². The van der Waals surface area contributed by atoms with Gasteiger partial charge >= 0.3 is 0 Å². The number of hydrogen-bond acceptors (Lipinski definition) is 4. The lowest BCUT2D eigenvalue weighted by molar-refractivity contribution is -0.119. The van der Waals surface area contributed by atoms with Crippen molar-refractivity contribution >= 4 is 17.2 Å². The van der Waals surface area contributed by atoms with E-state index in [2.05, 4.69) is 4.98 Å². The summed E-state index contributed by atoms with van der Waals surface area (Å²) < 4.78 is 0. The van der Waals surface area contributed by atoms with Crippen LogP contribution in [0.15, 0.2) is 11.6 Å². The smallest absolute Gasteiger partial charge is 0.241 e. The monoisotopic (exact) mass is 157 g/mol. The Kier molecular flexibility index (Phi) is 1.98. The number of thiazole rings is 1. The van der Waals surface area contributed by atoms with Gasteiger partial charge in [-0.2, -0.15) is 0 Å². The van der Waals surface area contributed by atoms with Crippen LogP contribution in [-0.2, 0) is 4.79 Å². The van der Waals surface area contributed by atoms with E-state index in [1.165, 1.54) is 11.3 Å². The average Bonchev–Trinajstić information content (AvgIpc) is 2.36. The molecule has 0 saturated heterocycles. The largest absolute Gasteiger partial charge is 0.368 e. The molecule has 1 atom stereocenters. The third-order valence-corrected chi connectivity index (χ3v) is 1.88. The topological polar surface area (TPSA) is 82.0 Å². The zero-order chi connectivity index (χ0) is 7.56. The molecule has 0 bridgehead atoms. The van der Waals surface area contributed by atoms with E-state index in [1.54, 1.807) is 11.6 Å². The summed E-state index contributed by atoms with van der Waals surface area (Å²) >= 11 is 1.32. The lowest BCUT2D eigenvalue weighted by atomic mass is 10.3. The molecule has 0 spiro atoms. The first kappa shape index (κ1) is 7.17. The van der Waals surface area contributed by atoms with E-state index in [1.807, 2.05) is 0 Å². The summed E-state index contributed by atoms with van der Waals surface area (Å²) in [5, 5.41) is 2.31. The molecule has 0 aromatic carbocycles. The Labute approximate surface area is 61.9 Å². The van der Waals surface area contributed by atoms with Crippen molar-refractivity contribution in [2.75, 3.05) is 0 Å². The molecule has 0 aliphatic carbocycles. The van der Waals surface area contributed by atoms with Gasteiger partial charge in [0.25, 0.3) is 0 Å². The molecule has 1 heterocycles. The van der Waals surface area contributed by atoms with E-state index < -0.39 is 11.9 Å². The van der Waals surface area contributed by atoms with Crippen molar-refractivity contribution in [2.45, 2.75) is 6.04 Å². The number of aromatic nitrogens is 1. The van der Waals surface area contributed by atoms with E-state index in [0.29, 0.717) is 5.01 Å². The lowest BCUT2D eigenvalue weighted by Crippen LogP contribution is -2.27. The van der Waals surface area contributed by atoms with Gasteiger partial charge in [-0.25, -0.2) is 4.98 Å². The molecule has 0 aliphatic rings. The summed E-state index contributed by atoms with van der Waals surface area (Å²) in [6.45, 7) is 0. The molecule has 0 aliphatic heterocycles. The van der Waals surface area contributed by atoms with Crippen molar-refractivity contribution in [1.82, 2.24) is 4.98 Å². The predicted molar refractivity (Wildman–Crippen MR) is 38.2 cm³/mol. The highest BCUT2D eigenvalue weighted by atomic mass is 32.1. The van der Waals surface area contributed by atoms with E-state index in [0.717, 1.165) is 0 Å². The summed E-state index contributed by atoms with van der Waals surface area (Å²) in [5.74, 6) is -0.546. The van der Waals surface area contributed by atoms with Crippen LogP contribution in [0.2, 0.25) is 0 Å². The van der Waals surface area contributed by atoms with E-state index in [4.69, 9.17) is 11.5 Å². The zero-order valence-electron chi connectivity index (χ0n) is 5.15. The summed E-state index contributed by atoms with van der Waals surface area (Å²) in [4.78, 5) is 14.3. The highest BCUT2D eigenvalue weighted by molar-refractivity contribution is 7.09. The first-order valence-electron chi connectivity index (χ1n) is 2.66. The number of nitrogens with zero attached hydrogens (tertiary/aromatic N) is 1. The van der Waals surface area contributed by atoms with Gasteiger partial charge in [-0.05, 0) is 0 Å². The number of carbonyl (C=O) groups excluding carboxylic acids is 1. The van der Waals surface area contributed by atoms with Crippen LogP contribution < -0.4 is 11.5 Å². The van der Waals surface area contributed by atoms with Crippen molar-refractivity contribution in [3.05, 3.63) is 16.6 Å². The van der Waals surface area contributed by atoms with Crippen molar-refractivity contribution in [3.63, 3.8) is 0 Å². The van der Waals surface area contributed by atoms with Gasteiger partial charge in [-0.1, -0.05) is 0 Å². The predicted octanol–water partition coefficient (Wildman–Crippen LogP) is -0.372. The van der Waals surface area contributed by atoms with Gasteiger partial charge in [0.1, 0.15) is 11.0 Å². The zero-order valence-corrected chi connectivity index (χ0v) is 5.97. The molecule has 1 rings (SSSR count). The van der Waals surface area contributed by atoms with Crippen LogP contribution in [0.5, 0.6) is 0 Å². The Morgan fingerprint density at radius 1 is 1.80 bits per heavy atom. The molecule has 54 valence electrons. The van der Waals surface area contributed by atoms with Crippen LogP contribution in [0.4, 0.5) is 0 Å². The van der Waals surface area contributed by atoms with E-state index in [-0.39, 0.29) is 0 Å². The molecule has 5 heteroatoms. The third-order valence-electron chi connectivity index (χ3n) is 1.02. The fourth-order valence-electron chi connectivity index (χ4n) is 0.510. The maximum absolute atomic E-state index is 10.5. The van der Waals surface area contributed by atoms with Crippen molar-refractivity contribution in [3.8, 4) is 0 Å². The lowest BCUT2D eigenvalue weighted by Gasteiger charge is -2.00. The maximum atomic E-state index is 10.5. The molecule has 0 fully saturated rings. The molecular weight excluding hydrogens is 150 g/mol. The molecule has 1 unspecified atom stereocenters. The van der Waals surface area contributed by atoms with Crippen LogP contribution in [0.1, 0.15) is 11.0 Å². The van der Waals surface area contributed by atoms with Crippen LogP contribution >= 0.6 is 11.3 Å². The highest BCUT2D eigenvalue weighted by Gasteiger charge is 2.13. The Balaban J connectivity index is 2.77. The minimum absolute atomic E-state index is 0.546. The molecule has 0 radical (unpaired) electrons. The van der Waals surface area contributed by atoms with Crippen LogP contribution in [-0.4, -0.2) is 10.9 Å². The van der Waals surface area contributed by atoms with Crippen LogP contribution in [0.25, 0.3) is 0 Å². The number of amides is 1. The Hall–Kier alpha value is -0.940. The number of primary amides is 1. The van der Waals surface area contributed by atoms with Gasteiger partial charge in [-0.15, -0.1) is 11.3 Å². The second-order valence-electron chi connectivity index (χ2n) is 1.75. The SMILES string of the molecule is NC(=O)C(N)c1nccs1. The number of hydrogen-bond donors (Lipinski definition) is 2. The van der Waals surface area contributed by atoms with Crippen molar-refractivity contribution < 1.29 is 4.79 Å². The quantitative estimate of drug-likeness (QED) is 0.614.